The van der Waals surface area contributed by atoms with Crippen LogP contribution < -0.4 is 10.2 Å². The standard InChI is InChI=1S/C30H32F5N7O/c1-2-39-7-9-40(10-8-39)19-21-3-4-22(15-24(21)30(33,34)35)37-29-36-18-20-5-6-42(28(20)38-29)23-16-25(31)27(26(32)17-23)41-11-13-43-14-12-41/h3-6,15-18H,2,7-14,19H2,1H3,(H,36,37,38). The summed E-state index contributed by atoms with van der Waals surface area (Å²) < 4.78 is 79.3. The lowest BCUT2D eigenvalue weighted by Gasteiger charge is -2.34. The number of alkyl halides is 3. The van der Waals surface area contributed by atoms with Gasteiger partial charge in [0.1, 0.15) is 11.3 Å². The van der Waals surface area contributed by atoms with Crippen molar-refractivity contribution in [2.24, 2.45) is 0 Å². The highest BCUT2D eigenvalue weighted by atomic mass is 19.4. The van der Waals surface area contributed by atoms with Gasteiger partial charge < -0.3 is 24.4 Å². The van der Waals surface area contributed by atoms with Crippen LogP contribution in [0.2, 0.25) is 0 Å². The number of hydrogen-bond acceptors (Lipinski definition) is 7. The zero-order valence-electron chi connectivity index (χ0n) is 23.7. The lowest BCUT2D eigenvalue weighted by atomic mass is 10.0. The van der Waals surface area contributed by atoms with Crippen molar-refractivity contribution < 1.29 is 26.7 Å². The highest BCUT2D eigenvalue weighted by Gasteiger charge is 2.34. The van der Waals surface area contributed by atoms with Crippen molar-refractivity contribution >= 4 is 28.4 Å². The normalized spacial score (nSPS) is 17.1. The van der Waals surface area contributed by atoms with E-state index in [2.05, 4.69) is 27.1 Å². The molecule has 228 valence electrons. The molecule has 2 saturated heterocycles. The molecular weight excluding hydrogens is 569 g/mol. The monoisotopic (exact) mass is 601 g/mol. The maximum atomic E-state index is 15.1. The minimum absolute atomic E-state index is 0.0508. The van der Waals surface area contributed by atoms with Crippen LogP contribution in [0.1, 0.15) is 18.1 Å². The van der Waals surface area contributed by atoms with E-state index in [9.17, 15) is 13.2 Å². The van der Waals surface area contributed by atoms with Gasteiger partial charge in [0.05, 0.1) is 24.5 Å². The predicted molar refractivity (Wildman–Crippen MR) is 154 cm³/mol. The Kier molecular flexibility index (Phi) is 8.21. The molecule has 0 saturated carbocycles. The van der Waals surface area contributed by atoms with Crippen LogP contribution in [-0.2, 0) is 17.5 Å². The molecule has 0 amide bonds. The second kappa shape index (κ2) is 12.1. The Morgan fingerprint density at radius 3 is 2.28 bits per heavy atom. The maximum Gasteiger partial charge on any atom is 0.416 e. The highest BCUT2D eigenvalue weighted by Crippen LogP contribution is 2.35. The first-order valence-electron chi connectivity index (χ1n) is 14.3. The highest BCUT2D eigenvalue weighted by molar-refractivity contribution is 5.79. The summed E-state index contributed by atoms with van der Waals surface area (Å²) in [6.07, 6.45) is -1.42. The topological polar surface area (TPSA) is 61.7 Å². The summed E-state index contributed by atoms with van der Waals surface area (Å²) in [5, 5.41) is 3.47. The molecular formula is C30H32F5N7O. The van der Waals surface area contributed by atoms with Gasteiger partial charge in [-0.2, -0.15) is 18.2 Å². The average Bonchev–Trinajstić information content (AvgIpc) is 3.41. The van der Waals surface area contributed by atoms with Crippen LogP contribution in [-0.4, -0.2) is 83.4 Å². The quantitative estimate of drug-likeness (QED) is 0.284. The van der Waals surface area contributed by atoms with E-state index in [-0.39, 0.29) is 35.1 Å². The number of halogens is 5. The molecule has 1 N–H and O–H groups in total. The van der Waals surface area contributed by atoms with E-state index in [1.807, 2.05) is 4.90 Å². The Hall–Kier alpha value is -3.81. The second-order valence-corrected chi connectivity index (χ2v) is 10.7. The number of hydrogen-bond donors (Lipinski definition) is 1. The van der Waals surface area contributed by atoms with Gasteiger partial charge in [-0.05, 0) is 30.3 Å². The Bertz CT molecular complexity index is 1570. The maximum absolute atomic E-state index is 15.1. The molecule has 4 heterocycles. The smallest absolute Gasteiger partial charge is 0.378 e. The fourth-order valence-electron chi connectivity index (χ4n) is 5.66. The van der Waals surface area contributed by atoms with E-state index in [0.717, 1.165) is 25.7 Å². The van der Waals surface area contributed by atoms with E-state index in [1.165, 1.54) is 29.0 Å². The van der Waals surface area contributed by atoms with Crippen molar-refractivity contribution in [2.45, 2.75) is 19.6 Å². The third-order valence-corrected chi connectivity index (χ3v) is 8.01. The van der Waals surface area contributed by atoms with Gasteiger partial charge in [-0.1, -0.05) is 13.0 Å². The molecule has 0 bridgehead atoms. The van der Waals surface area contributed by atoms with Gasteiger partial charge in [-0.25, -0.2) is 13.8 Å². The van der Waals surface area contributed by atoms with Gasteiger partial charge in [0.2, 0.25) is 5.95 Å². The SMILES string of the molecule is CCN1CCN(Cc2ccc(Nc3ncc4ccn(-c5cc(F)c(N6CCOCC6)c(F)c5)c4n3)cc2C(F)(F)F)CC1. The first-order chi connectivity index (χ1) is 20.7. The Balaban J connectivity index is 1.25. The van der Waals surface area contributed by atoms with Gasteiger partial charge >= 0.3 is 6.18 Å². The van der Waals surface area contributed by atoms with Crippen LogP contribution in [0.5, 0.6) is 0 Å². The fraction of sp³-hybridized carbons (Fsp3) is 0.400. The summed E-state index contributed by atoms with van der Waals surface area (Å²) in [6, 6.07) is 8.30. The predicted octanol–water partition coefficient (Wildman–Crippen LogP) is 5.44. The van der Waals surface area contributed by atoms with Gasteiger partial charge in [0, 0.05) is 81.4 Å². The molecule has 2 aliphatic rings. The van der Waals surface area contributed by atoms with Crippen molar-refractivity contribution in [3.63, 3.8) is 0 Å². The molecule has 4 aromatic rings. The summed E-state index contributed by atoms with van der Waals surface area (Å²) >= 11 is 0. The minimum atomic E-state index is -4.54. The number of nitrogens with zero attached hydrogens (tertiary/aromatic N) is 6. The molecule has 2 aromatic heterocycles. The molecule has 43 heavy (non-hydrogen) atoms. The van der Waals surface area contributed by atoms with Crippen molar-refractivity contribution in [1.82, 2.24) is 24.3 Å². The average molecular weight is 602 g/mol. The van der Waals surface area contributed by atoms with E-state index in [4.69, 9.17) is 4.74 Å². The Labute approximate surface area is 245 Å². The van der Waals surface area contributed by atoms with Crippen LogP contribution in [0.15, 0.2) is 48.8 Å². The molecule has 2 fully saturated rings. The van der Waals surface area contributed by atoms with Gasteiger partial charge in [0.25, 0.3) is 0 Å². The van der Waals surface area contributed by atoms with E-state index in [1.54, 1.807) is 23.2 Å². The number of morpholine rings is 1. The van der Waals surface area contributed by atoms with Crippen molar-refractivity contribution in [3.05, 3.63) is 71.6 Å². The van der Waals surface area contributed by atoms with Crippen LogP contribution in [0.25, 0.3) is 16.7 Å². The molecule has 0 spiro atoms. The van der Waals surface area contributed by atoms with Gasteiger partial charge in [-0.15, -0.1) is 0 Å². The summed E-state index contributed by atoms with van der Waals surface area (Å²) in [4.78, 5) is 14.6. The van der Waals surface area contributed by atoms with Gasteiger partial charge in [0.15, 0.2) is 11.6 Å². The third kappa shape index (κ3) is 6.29. The lowest BCUT2D eigenvalue weighted by Crippen LogP contribution is -2.45. The molecule has 0 radical (unpaired) electrons. The Morgan fingerprint density at radius 2 is 1.60 bits per heavy atom. The number of anilines is 3. The van der Waals surface area contributed by atoms with Crippen molar-refractivity contribution in [2.75, 3.05) is 69.2 Å². The molecule has 6 rings (SSSR count). The zero-order valence-corrected chi connectivity index (χ0v) is 23.7. The fourth-order valence-corrected chi connectivity index (χ4v) is 5.66. The summed E-state index contributed by atoms with van der Waals surface area (Å²) in [7, 11) is 0. The number of benzene rings is 2. The molecule has 2 aliphatic heterocycles. The van der Waals surface area contributed by atoms with E-state index in [0.29, 0.717) is 50.4 Å². The van der Waals surface area contributed by atoms with Crippen LogP contribution in [0, 0.1) is 11.6 Å². The molecule has 0 unspecified atom stereocenters. The second-order valence-electron chi connectivity index (χ2n) is 10.7. The molecule has 0 atom stereocenters. The Morgan fingerprint density at radius 1 is 0.907 bits per heavy atom. The lowest BCUT2D eigenvalue weighted by molar-refractivity contribution is -0.138. The number of likely N-dealkylation sites (N-methyl/N-ethyl adjacent to an activating group) is 1. The summed E-state index contributed by atoms with van der Waals surface area (Å²) in [5.41, 5.74) is 0.123. The first kappa shape index (κ1) is 29.3. The molecule has 0 aliphatic carbocycles. The van der Waals surface area contributed by atoms with Crippen LogP contribution in [0.3, 0.4) is 0 Å². The number of fused-ring (bicyclic) bond motifs is 1. The van der Waals surface area contributed by atoms with E-state index < -0.39 is 23.4 Å². The van der Waals surface area contributed by atoms with Gasteiger partial charge in [-0.3, -0.25) is 4.90 Å². The number of piperazine rings is 1. The molecule has 13 heteroatoms. The number of aromatic nitrogens is 3. The molecule has 8 nitrogen and oxygen atoms in total. The zero-order chi connectivity index (χ0) is 30.1. The van der Waals surface area contributed by atoms with E-state index >= 15 is 8.78 Å². The summed E-state index contributed by atoms with van der Waals surface area (Å²) in [6.45, 7) is 7.83. The molecule has 2 aromatic carbocycles. The number of nitrogens with one attached hydrogen (secondary N) is 1. The first-order valence-corrected chi connectivity index (χ1v) is 14.3. The number of rotatable bonds is 7. The van der Waals surface area contributed by atoms with Crippen molar-refractivity contribution in [1.29, 1.82) is 0 Å². The largest absolute Gasteiger partial charge is 0.416 e. The van der Waals surface area contributed by atoms with Crippen LogP contribution in [0.4, 0.5) is 39.3 Å². The third-order valence-electron chi connectivity index (χ3n) is 8.01. The van der Waals surface area contributed by atoms with Crippen molar-refractivity contribution in [3.8, 4) is 5.69 Å². The van der Waals surface area contributed by atoms with Crippen LogP contribution >= 0.6 is 0 Å². The number of ether oxygens (including phenoxy) is 1. The minimum Gasteiger partial charge on any atom is -0.378 e. The summed E-state index contributed by atoms with van der Waals surface area (Å²) in [5.74, 6) is -1.37.